The van der Waals surface area contributed by atoms with Crippen molar-refractivity contribution < 1.29 is 4.74 Å². The van der Waals surface area contributed by atoms with Crippen molar-refractivity contribution >= 4 is 11.8 Å². The molecule has 1 saturated heterocycles. The third kappa shape index (κ3) is 4.51. The zero-order valence-electron chi connectivity index (χ0n) is 12.0. The second kappa shape index (κ2) is 7.32. The standard InChI is InChI=1S/C16H25NOS/c1-3-14(17)11-13-4-5-16(12(2)10-13)19-15-6-8-18-9-7-15/h4-5,10,14-15H,3,6-9,11,17H2,1-2H3. The van der Waals surface area contributed by atoms with Crippen LogP contribution in [0, 0.1) is 6.92 Å². The summed E-state index contributed by atoms with van der Waals surface area (Å²) in [6.45, 7) is 6.19. The van der Waals surface area contributed by atoms with E-state index in [2.05, 4.69) is 32.0 Å². The highest BCUT2D eigenvalue weighted by Gasteiger charge is 2.16. The van der Waals surface area contributed by atoms with Gasteiger partial charge in [-0.25, -0.2) is 0 Å². The molecule has 0 aliphatic carbocycles. The van der Waals surface area contributed by atoms with Crippen LogP contribution in [0.1, 0.15) is 37.3 Å². The molecule has 1 aliphatic heterocycles. The molecule has 1 aliphatic rings. The molecule has 0 bridgehead atoms. The molecule has 1 fully saturated rings. The Bertz CT molecular complexity index is 402. The average Bonchev–Trinajstić information content (AvgIpc) is 2.43. The zero-order chi connectivity index (χ0) is 13.7. The Hall–Kier alpha value is -0.510. The predicted molar refractivity (Wildman–Crippen MR) is 82.8 cm³/mol. The summed E-state index contributed by atoms with van der Waals surface area (Å²) in [5, 5.41) is 0.719. The fraction of sp³-hybridized carbons (Fsp3) is 0.625. The first-order valence-electron chi connectivity index (χ1n) is 7.28. The molecule has 2 rings (SSSR count). The summed E-state index contributed by atoms with van der Waals surface area (Å²) in [6.07, 6.45) is 4.37. The van der Waals surface area contributed by atoms with Crippen molar-refractivity contribution in [3.05, 3.63) is 29.3 Å². The molecule has 106 valence electrons. The van der Waals surface area contributed by atoms with Gasteiger partial charge in [-0.15, -0.1) is 11.8 Å². The number of rotatable bonds is 5. The average molecular weight is 279 g/mol. The minimum Gasteiger partial charge on any atom is -0.381 e. The highest BCUT2D eigenvalue weighted by atomic mass is 32.2. The van der Waals surface area contributed by atoms with Gasteiger partial charge in [0, 0.05) is 29.4 Å². The Morgan fingerprint density at radius 3 is 2.74 bits per heavy atom. The quantitative estimate of drug-likeness (QED) is 0.895. The molecule has 1 aromatic carbocycles. The van der Waals surface area contributed by atoms with E-state index in [0.717, 1.165) is 31.3 Å². The summed E-state index contributed by atoms with van der Waals surface area (Å²) >= 11 is 2.01. The van der Waals surface area contributed by atoms with E-state index in [4.69, 9.17) is 10.5 Å². The maximum atomic E-state index is 6.02. The molecule has 1 unspecified atom stereocenters. The first kappa shape index (κ1) is 14.9. The molecule has 1 heterocycles. The highest BCUT2D eigenvalue weighted by Crippen LogP contribution is 2.32. The van der Waals surface area contributed by atoms with Gasteiger partial charge in [0.25, 0.3) is 0 Å². The Morgan fingerprint density at radius 2 is 2.11 bits per heavy atom. The molecule has 0 aromatic heterocycles. The number of benzene rings is 1. The minimum atomic E-state index is 0.286. The topological polar surface area (TPSA) is 35.2 Å². The molecule has 0 amide bonds. The van der Waals surface area contributed by atoms with Crippen molar-refractivity contribution in [1.82, 2.24) is 0 Å². The second-order valence-corrected chi connectivity index (χ2v) is 6.74. The van der Waals surface area contributed by atoms with E-state index in [1.54, 1.807) is 0 Å². The van der Waals surface area contributed by atoms with E-state index in [1.807, 2.05) is 11.8 Å². The van der Waals surface area contributed by atoms with Gasteiger partial charge in [0.15, 0.2) is 0 Å². The molecular weight excluding hydrogens is 254 g/mol. The molecule has 2 nitrogen and oxygen atoms in total. The van der Waals surface area contributed by atoms with Gasteiger partial charge in [-0.1, -0.05) is 19.1 Å². The van der Waals surface area contributed by atoms with E-state index in [-0.39, 0.29) is 6.04 Å². The molecule has 3 heteroatoms. The minimum absolute atomic E-state index is 0.286. The predicted octanol–water partition coefficient (Wildman–Crippen LogP) is 3.55. The van der Waals surface area contributed by atoms with Gasteiger partial charge < -0.3 is 10.5 Å². The van der Waals surface area contributed by atoms with E-state index < -0.39 is 0 Å². The molecule has 0 saturated carbocycles. The van der Waals surface area contributed by atoms with Crippen molar-refractivity contribution in [2.45, 2.75) is 55.7 Å². The van der Waals surface area contributed by atoms with Crippen LogP contribution in [0.25, 0.3) is 0 Å². The van der Waals surface area contributed by atoms with Crippen LogP contribution < -0.4 is 5.73 Å². The number of hydrogen-bond donors (Lipinski definition) is 1. The van der Waals surface area contributed by atoms with Gasteiger partial charge in [-0.2, -0.15) is 0 Å². The SMILES string of the molecule is CCC(N)Cc1ccc(SC2CCOCC2)c(C)c1. The van der Waals surface area contributed by atoms with Crippen LogP contribution in [0.2, 0.25) is 0 Å². The lowest BCUT2D eigenvalue weighted by molar-refractivity contribution is 0.100. The van der Waals surface area contributed by atoms with Crippen LogP contribution in [0.5, 0.6) is 0 Å². The lowest BCUT2D eigenvalue weighted by Gasteiger charge is -2.22. The van der Waals surface area contributed by atoms with Crippen LogP contribution in [0.4, 0.5) is 0 Å². The molecule has 19 heavy (non-hydrogen) atoms. The third-order valence-corrected chi connectivity index (χ3v) is 5.24. The fourth-order valence-corrected chi connectivity index (χ4v) is 3.57. The van der Waals surface area contributed by atoms with Crippen LogP contribution in [0.15, 0.2) is 23.1 Å². The van der Waals surface area contributed by atoms with Crippen molar-refractivity contribution in [3.8, 4) is 0 Å². The van der Waals surface area contributed by atoms with Gasteiger partial charge in [0.05, 0.1) is 0 Å². The number of thioether (sulfide) groups is 1. The van der Waals surface area contributed by atoms with Crippen molar-refractivity contribution in [1.29, 1.82) is 0 Å². The number of hydrogen-bond acceptors (Lipinski definition) is 3. The number of ether oxygens (including phenoxy) is 1. The Morgan fingerprint density at radius 1 is 1.37 bits per heavy atom. The van der Waals surface area contributed by atoms with Crippen LogP contribution >= 0.6 is 11.8 Å². The van der Waals surface area contributed by atoms with Crippen LogP contribution in [0.3, 0.4) is 0 Å². The van der Waals surface area contributed by atoms with Crippen molar-refractivity contribution in [3.63, 3.8) is 0 Å². The fourth-order valence-electron chi connectivity index (χ4n) is 2.39. The Kier molecular flexibility index (Phi) is 5.74. The molecule has 1 atom stereocenters. The monoisotopic (exact) mass is 279 g/mol. The van der Waals surface area contributed by atoms with Gasteiger partial charge in [-0.3, -0.25) is 0 Å². The van der Waals surface area contributed by atoms with Gasteiger partial charge in [-0.05, 0) is 49.8 Å². The van der Waals surface area contributed by atoms with Gasteiger partial charge in [0.1, 0.15) is 0 Å². The van der Waals surface area contributed by atoms with E-state index in [0.29, 0.717) is 0 Å². The summed E-state index contributed by atoms with van der Waals surface area (Å²) in [4.78, 5) is 1.42. The summed E-state index contributed by atoms with van der Waals surface area (Å²) in [5.41, 5.74) is 8.77. The lowest BCUT2D eigenvalue weighted by Crippen LogP contribution is -2.21. The maximum Gasteiger partial charge on any atom is 0.0476 e. The number of aryl methyl sites for hydroxylation is 1. The normalized spacial score (nSPS) is 18.5. The van der Waals surface area contributed by atoms with Crippen molar-refractivity contribution in [2.75, 3.05) is 13.2 Å². The Labute approximate surface area is 121 Å². The van der Waals surface area contributed by atoms with Crippen LogP contribution in [-0.4, -0.2) is 24.5 Å². The van der Waals surface area contributed by atoms with E-state index in [1.165, 1.54) is 28.9 Å². The first-order chi connectivity index (χ1) is 9.19. The molecule has 2 N–H and O–H groups in total. The van der Waals surface area contributed by atoms with Crippen LogP contribution in [-0.2, 0) is 11.2 Å². The molecule has 1 aromatic rings. The highest BCUT2D eigenvalue weighted by molar-refractivity contribution is 8.00. The summed E-state index contributed by atoms with van der Waals surface area (Å²) in [5.74, 6) is 0. The number of nitrogens with two attached hydrogens (primary N) is 1. The van der Waals surface area contributed by atoms with Gasteiger partial charge >= 0.3 is 0 Å². The molecular formula is C16H25NOS. The summed E-state index contributed by atoms with van der Waals surface area (Å²) in [6, 6.07) is 7.10. The zero-order valence-corrected chi connectivity index (χ0v) is 12.8. The first-order valence-corrected chi connectivity index (χ1v) is 8.16. The van der Waals surface area contributed by atoms with Gasteiger partial charge in [0.2, 0.25) is 0 Å². The largest absolute Gasteiger partial charge is 0.381 e. The maximum absolute atomic E-state index is 6.02. The third-order valence-electron chi connectivity index (χ3n) is 3.72. The molecule has 0 spiro atoms. The Balaban J connectivity index is 1.98. The lowest BCUT2D eigenvalue weighted by atomic mass is 10.0. The summed E-state index contributed by atoms with van der Waals surface area (Å²) in [7, 11) is 0. The van der Waals surface area contributed by atoms with E-state index >= 15 is 0 Å². The second-order valence-electron chi connectivity index (χ2n) is 5.40. The summed E-state index contributed by atoms with van der Waals surface area (Å²) < 4.78 is 5.42. The van der Waals surface area contributed by atoms with Crippen molar-refractivity contribution in [2.24, 2.45) is 5.73 Å². The smallest absolute Gasteiger partial charge is 0.0476 e. The van der Waals surface area contributed by atoms with E-state index in [9.17, 15) is 0 Å². The molecule has 0 radical (unpaired) electrons.